The highest BCUT2D eigenvalue weighted by Gasteiger charge is 2.39. The molecule has 0 aromatic rings. The number of imide groups is 3. The molecule has 5 heteroatoms. The first-order valence-corrected chi connectivity index (χ1v) is 6.44. The highest BCUT2D eigenvalue weighted by molar-refractivity contribution is 6.26. The number of hydrogen-bond acceptors (Lipinski definition) is 3. The second-order valence-corrected chi connectivity index (χ2v) is 4.45. The Labute approximate surface area is 107 Å². The molecule has 0 saturated carbocycles. The van der Waals surface area contributed by atoms with Crippen molar-refractivity contribution in [3.8, 4) is 0 Å². The number of rotatable bonds is 6. The first-order valence-electron chi connectivity index (χ1n) is 6.44. The molecule has 0 unspecified atom stereocenters. The summed E-state index contributed by atoms with van der Waals surface area (Å²) < 4.78 is 0. The van der Waals surface area contributed by atoms with Crippen molar-refractivity contribution in [2.45, 2.75) is 52.4 Å². The lowest BCUT2D eigenvalue weighted by Gasteiger charge is -2.08. The number of unbranched alkanes of at least 4 members (excludes halogenated alkanes) is 2. The molecule has 1 aliphatic heterocycles. The Morgan fingerprint density at radius 3 is 1.67 bits per heavy atom. The van der Waals surface area contributed by atoms with Crippen molar-refractivity contribution in [1.82, 2.24) is 4.90 Å². The number of urea groups is 1. The quantitative estimate of drug-likeness (QED) is 0.735. The van der Waals surface area contributed by atoms with Crippen LogP contribution in [0, 0.1) is 0 Å². The molecule has 2 N–H and O–H groups in total. The largest absolute Gasteiger partial charge is 0.351 e. The number of nitrogens with two attached hydrogens (primary N) is 1. The van der Waals surface area contributed by atoms with Crippen molar-refractivity contribution >= 4 is 17.8 Å². The van der Waals surface area contributed by atoms with E-state index < -0.39 is 17.8 Å². The van der Waals surface area contributed by atoms with Crippen molar-refractivity contribution in [2.75, 3.05) is 0 Å². The Morgan fingerprint density at radius 2 is 1.39 bits per heavy atom. The number of primary amides is 1. The van der Waals surface area contributed by atoms with Crippen LogP contribution in [0.4, 0.5) is 4.79 Å². The van der Waals surface area contributed by atoms with Gasteiger partial charge in [0, 0.05) is 11.1 Å². The maximum absolute atomic E-state index is 12.0. The fourth-order valence-corrected chi connectivity index (χ4v) is 2.04. The molecular formula is C13H20N2O3. The third-order valence-electron chi connectivity index (χ3n) is 3.07. The van der Waals surface area contributed by atoms with Crippen LogP contribution in [0.2, 0.25) is 0 Å². The van der Waals surface area contributed by atoms with Gasteiger partial charge in [0.2, 0.25) is 0 Å². The number of hydrogen-bond donors (Lipinski definition) is 1. The maximum Gasteiger partial charge on any atom is 0.328 e. The molecule has 0 aliphatic carbocycles. The Bertz CT molecular complexity index is 369. The van der Waals surface area contributed by atoms with Crippen LogP contribution in [0.5, 0.6) is 0 Å². The molecular weight excluding hydrogens is 232 g/mol. The second-order valence-electron chi connectivity index (χ2n) is 4.45. The summed E-state index contributed by atoms with van der Waals surface area (Å²) in [5.74, 6) is -1.04. The van der Waals surface area contributed by atoms with E-state index in [1.165, 1.54) is 0 Å². The average Bonchev–Trinajstić information content (AvgIpc) is 2.55. The van der Waals surface area contributed by atoms with E-state index in [1.807, 2.05) is 13.8 Å². The molecule has 1 aliphatic rings. The lowest BCUT2D eigenvalue weighted by atomic mass is 10.0. The van der Waals surface area contributed by atoms with Gasteiger partial charge in [0.15, 0.2) is 0 Å². The standard InChI is InChI=1S/C13H20N2O3/c1-3-5-7-9-10(8-6-4-2)12(17)15(11(9)16)13(14)18/h3-8H2,1-2H3,(H2,14,18). The van der Waals surface area contributed by atoms with Crippen molar-refractivity contribution in [3.63, 3.8) is 0 Å². The number of carbonyl (C=O) groups excluding carboxylic acids is 3. The molecule has 18 heavy (non-hydrogen) atoms. The van der Waals surface area contributed by atoms with Crippen molar-refractivity contribution in [3.05, 3.63) is 11.1 Å². The van der Waals surface area contributed by atoms with Crippen LogP contribution in [-0.4, -0.2) is 22.7 Å². The van der Waals surface area contributed by atoms with Crippen molar-refractivity contribution in [1.29, 1.82) is 0 Å². The molecule has 0 saturated heterocycles. The molecule has 0 atom stereocenters. The van der Waals surface area contributed by atoms with Gasteiger partial charge >= 0.3 is 6.03 Å². The minimum atomic E-state index is -0.981. The summed E-state index contributed by atoms with van der Waals surface area (Å²) in [7, 11) is 0. The molecule has 100 valence electrons. The molecule has 1 heterocycles. The fourth-order valence-electron chi connectivity index (χ4n) is 2.04. The van der Waals surface area contributed by atoms with Gasteiger partial charge in [-0.15, -0.1) is 0 Å². The zero-order valence-electron chi connectivity index (χ0n) is 11.0. The monoisotopic (exact) mass is 252 g/mol. The molecule has 0 spiro atoms. The third kappa shape index (κ3) is 2.78. The van der Waals surface area contributed by atoms with Gasteiger partial charge < -0.3 is 5.73 Å². The van der Waals surface area contributed by atoms with Crippen LogP contribution in [0.15, 0.2) is 11.1 Å². The van der Waals surface area contributed by atoms with E-state index in [9.17, 15) is 14.4 Å². The van der Waals surface area contributed by atoms with Gasteiger partial charge in [-0.1, -0.05) is 26.7 Å². The van der Waals surface area contributed by atoms with Crippen LogP contribution in [-0.2, 0) is 9.59 Å². The average molecular weight is 252 g/mol. The molecule has 0 fully saturated rings. The summed E-state index contributed by atoms with van der Waals surface area (Å²) in [5.41, 5.74) is 6.04. The van der Waals surface area contributed by atoms with E-state index in [4.69, 9.17) is 5.73 Å². The van der Waals surface area contributed by atoms with Gasteiger partial charge in [-0.25, -0.2) is 4.79 Å². The number of amides is 4. The summed E-state index contributed by atoms with van der Waals surface area (Å²) in [6.45, 7) is 4.03. The summed E-state index contributed by atoms with van der Waals surface area (Å²) in [4.78, 5) is 35.7. The zero-order valence-corrected chi connectivity index (χ0v) is 11.0. The van der Waals surface area contributed by atoms with Crippen LogP contribution in [0.25, 0.3) is 0 Å². The smallest absolute Gasteiger partial charge is 0.328 e. The van der Waals surface area contributed by atoms with E-state index >= 15 is 0 Å². The molecule has 5 nitrogen and oxygen atoms in total. The van der Waals surface area contributed by atoms with Gasteiger partial charge in [-0.05, 0) is 25.7 Å². The normalized spacial score (nSPS) is 15.8. The molecule has 4 amide bonds. The van der Waals surface area contributed by atoms with Crippen LogP contribution < -0.4 is 5.73 Å². The topological polar surface area (TPSA) is 80.5 Å². The summed E-state index contributed by atoms with van der Waals surface area (Å²) >= 11 is 0. The fraction of sp³-hybridized carbons (Fsp3) is 0.615. The molecule has 0 radical (unpaired) electrons. The van der Waals surface area contributed by atoms with Crippen LogP contribution in [0.3, 0.4) is 0 Å². The maximum atomic E-state index is 12.0. The SMILES string of the molecule is CCCCC1=C(CCCC)C(=O)N(C(N)=O)C1=O. The van der Waals surface area contributed by atoms with E-state index in [-0.39, 0.29) is 0 Å². The molecule has 0 aromatic carbocycles. The highest BCUT2D eigenvalue weighted by Crippen LogP contribution is 2.28. The first-order chi connectivity index (χ1) is 8.54. The van der Waals surface area contributed by atoms with E-state index in [1.54, 1.807) is 0 Å². The zero-order chi connectivity index (χ0) is 13.7. The van der Waals surface area contributed by atoms with Gasteiger partial charge in [-0.3, -0.25) is 9.59 Å². The lowest BCUT2D eigenvalue weighted by molar-refractivity contribution is -0.133. The van der Waals surface area contributed by atoms with Crippen molar-refractivity contribution in [2.24, 2.45) is 5.73 Å². The third-order valence-corrected chi connectivity index (χ3v) is 3.07. The van der Waals surface area contributed by atoms with E-state index in [0.29, 0.717) is 28.9 Å². The van der Waals surface area contributed by atoms with Crippen LogP contribution >= 0.6 is 0 Å². The summed E-state index contributed by atoms with van der Waals surface area (Å²) in [6, 6.07) is -0.981. The van der Waals surface area contributed by atoms with Gasteiger partial charge in [0.25, 0.3) is 11.8 Å². The summed E-state index contributed by atoms with van der Waals surface area (Å²) in [6.07, 6.45) is 4.62. The Balaban J connectivity index is 2.99. The first kappa shape index (κ1) is 14.4. The van der Waals surface area contributed by atoms with E-state index in [2.05, 4.69) is 0 Å². The Kier molecular flexibility index (Phi) is 5.07. The van der Waals surface area contributed by atoms with Gasteiger partial charge in [-0.2, -0.15) is 4.90 Å². The predicted octanol–water partition coefficient (Wildman–Crippen LogP) is 2.11. The number of carbonyl (C=O) groups is 3. The van der Waals surface area contributed by atoms with E-state index in [0.717, 1.165) is 25.7 Å². The predicted molar refractivity (Wildman–Crippen MR) is 67.5 cm³/mol. The second kappa shape index (κ2) is 6.33. The molecule has 0 aromatic heterocycles. The van der Waals surface area contributed by atoms with Gasteiger partial charge in [0.1, 0.15) is 0 Å². The minimum absolute atomic E-state index is 0.481. The lowest BCUT2D eigenvalue weighted by Crippen LogP contribution is -2.41. The Hall–Kier alpha value is -1.65. The molecule has 1 rings (SSSR count). The minimum Gasteiger partial charge on any atom is -0.351 e. The van der Waals surface area contributed by atoms with Crippen molar-refractivity contribution < 1.29 is 14.4 Å². The number of nitrogens with zero attached hydrogens (tertiary/aromatic N) is 1. The van der Waals surface area contributed by atoms with Gasteiger partial charge in [0.05, 0.1) is 0 Å². The highest BCUT2D eigenvalue weighted by atomic mass is 16.2. The van der Waals surface area contributed by atoms with Crippen LogP contribution in [0.1, 0.15) is 52.4 Å². The Morgan fingerprint density at radius 1 is 1.00 bits per heavy atom. The summed E-state index contributed by atoms with van der Waals surface area (Å²) in [5, 5.41) is 0. The molecule has 0 bridgehead atoms.